The lowest BCUT2D eigenvalue weighted by Gasteiger charge is -2.15. The van der Waals surface area contributed by atoms with E-state index in [1.165, 1.54) is 11.5 Å². The van der Waals surface area contributed by atoms with E-state index in [2.05, 4.69) is 9.59 Å². The molecule has 17 heavy (non-hydrogen) atoms. The molecule has 0 aliphatic heterocycles. The molecule has 0 fully saturated rings. The van der Waals surface area contributed by atoms with Gasteiger partial charge in [0.1, 0.15) is 5.75 Å². The maximum atomic E-state index is 6.26. The Kier molecular flexibility index (Phi) is 3.40. The van der Waals surface area contributed by atoms with Crippen molar-refractivity contribution in [2.75, 3.05) is 7.11 Å². The van der Waals surface area contributed by atoms with E-state index in [9.17, 15) is 0 Å². The van der Waals surface area contributed by atoms with Crippen LogP contribution in [0.15, 0.2) is 18.2 Å². The highest BCUT2D eigenvalue weighted by Gasteiger charge is 2.18. The molecule has 1 heterocycles. The summed E-state index contributed by atoms with van der Waals surface area (Å²) in [6.07, 6.45) is 0. The molecule has 0 bridgehead atoms. The molecule has 0 aliphatic rings. The molecule has 0 radical (unpaired) electrons. The van der Waals surface area contributed by atoms with Crippen LogP contribution in [0.2, 0.25) is 0 Å². The molecule has 1 atom stereocenters. The van der Waals surface area contributed by atoms with Crippen molar-refractivity contribution in [3.05, 3.63) is 39.9 Å². The summed E-state index contributed by atoms with van der Waals surface area (Å²) in [6.45, 7) is 3.95. The summed E-state index contributed by atoms with van der Waals surface area (Å²) >= 11 is 1.34. The van der Waals surface area contributed by atoms with Crippen LogP contribution in [0.25, 0.3) is 0 Å². The average molecular weight is 249 g/mol. The van der Waals surface area contributed by atoms with Crippen molar-refractivity contribution in [2.45, 2.75) is 19.9 Å². The van der Waals surface area contributed by atoms with Crippen molar-refractivity contribution in [1.82, 2.24) is 9.59 Å². The number of methoxy groups -OCH3 is 1. The summed E-state index contributed by atoms with van der Waals surface area (Å²) in [4.78, 5) is 0.980. The van der Waals surface area contributed by atoms with E-state index in [1.54, 1.807) is 7.11 Å². The molecule has 0 saturated carbocycles. The van der Waals surface area contributed by atoms with Gasteiger partial charge in [-0.2, -0.15) is 0 Å². The van der Waals surface area contributed by atoms with E-state index in [0.717, 1.165) is 27.4 Å². The van der Waals surface area contributed by atoms with Crippen LogP contribution < -0.4 is 10.5 Å². The third-order valence-electron chi connectivity index (χ3n) is 2.69. The Hall–Kier alpha value is -1.46. The fraction of sp³-hybridized carbons (Fsp3) is 0.333. The zero-order valence-corrected chi connectivity index (χ0v) is 10.9. The molecular weight excluding hydrogens is 234 g/mol. The quantitative estimate of drug-likeness (QED) is 0.906. The molecule has 1 aromatic heterocycles. The molecule has 0 saturated heterocycles. The maximum Gasteiger partial charge on any atom is 0.124 e. The second-order valence-corrected chi connectivity index (χ2v) is 4.73. The number of hydrogen-bond acceptors (Lipinski definition) is 5. The van der Waals surface area contributed by atoms with Gasteiger partial charge in [-0.3, -0.25) is 0 Å². The molecule has 90 valence electrons. The van der Waals surface area contributed by atoms with E-state index in [1.807, 2.05) is 32.0 Å². The maximum absolute atomic E-state index is 6.26. The summed E-state index contributed by atoms with van der Waals surface area (Å²) in [5, 5.41) is 3.99. The second-order valence-electron chi connectivity index (χ2n) is 3.95. The molecule has 0 aliphatic carbocycles. The van der Waals surface area contributed by atoms with E-state index < -0.39 is 0 Å². The Labute approximate surface area is 105 Å². The summed E-state index contributed by atoms with van der Waals surface area (Å²) in [6, 6.07) is 5.76. The van der Waals surface area contributed by atoms with Gasteiger partial charge in [0.05, 0.1) is 23.7 Å². The summed E-state index contributed by atoms with van der Waals surface area (Å²) < 4.78 is 9.26. The Morgan fingerprint density at radius 1 is 1.35 bits per heavy atom. The minimum atomic E-state index is -0.232. The highest BCUT2D eigenvalue weighted by atomic mass is 32.1. The number of rotatable bonds is 3. The van der Waals surface area contributed by atoms with Gasteiger partial charge in [0, 0.05) is 5.56 Å². The van der Waals surface area contributed by atoms with Crippen LogP contribution in [0.4, 0.5) is 0 Å². The Morgan fingerprint density at radius 2 is 2.12 bits per heavy atom. The van der Waals surface area contributed by atoms with Crippen LogP contribution in [0.5, 0.6) is 5.75 Å². The van der Waals surface area contributed by atoms with E-state index >= 15 is 0 Å². The van der Waals surface area contributed by atoms with E-state index in [0.29, 0.717) is 0 Å². The van der Waals surface area contributed by atoms with Crippen molar-refractivity contribution in [3.8, 4) is 5.75 Å². The molecule has 0 amide bonds. The Balaban J connectivity index is 2.46. The van der Waals surface area contributed by atoms with Crippen LogP contribution in [0.3, 0.4) is 0 Å². The first kappa shape index (κ1) is 12.0. The van der Waals surface area contributed by atoms with Gasteiger partial charge in [0.15, 0.2) is 0 Å². The SMILES string of the molecule is COc1ccc(C)cc1C(N)c1snnc1C. The van der Waals surface area contributed by atoms with Crippen LogP contribution >= 0.6 is 11.5 Å². The van der Waals surface area contributed by atoms with Gasteiger partial charge in [-0.05, 0) is 31.4 Å². The first-order valence-electron chi connectivity index (χ1n) is 5.32. The van der Waals surface area contributed by atoms with Gasteiger partial charge in [0.25, 0.3) is 0 Å². The number of aromatic nitrogens is 2. The van der Waals surface area contributed by atoms with Crippen LogP contribution in [0, 0.1) is 13.8 Å². The number of ether oxygens (including phenoxy) is 1. The van der Waals surface area contributed by atoms with E-state index in [-0.39, 0.29) is 6.04 Å². The van der Waals surface area contributed by atoms with Gasteiger partial charge in [0.2, 0.25) is 0 Å². The molecule has 0 spiro atoms. The monoisotopic (exact) mass is 249 g/mol. The van der Waals surface area contributed by atoms with Crippen molar-refractivity contribution in [2.24, 2.45) is 5.73 Å². The predicted octanol–water partition coefficient (Wildman–Crippen LogP) is 2.21. The first-order chi connectivity index (χ1) is 8.13. The lowest BCUT2D eigenvalue weighted by Crippen LogP contribution is -2.13. The third kappa shape index (κ3) is 2.30. The number of nitrogens with two attached hydrogens (primary N) is 1. The van der Waals surface area contributed by atoms with Gasteiger partial charge >= 0.3 is 0 Å². The molecule has 4 nitrogen and oxygen atoms in total. The highest BCUT2D eigenvalue weighted by molar-refractivity contribution is 7.05. The van der Waals surface area contributed by atoms with Crippen LogP contribution in [0.1, 0.15) is 27.7 Å². The van der Waals surface area contributed by atoms with Crippen molar-refractivity contribution in [3.63, 3.8) is 0 Å². The number of aryl methyl sites for hydroxylation is 2. The minimum absolute atomic E-state index is 0.232. The topological polar surface area (TPSA) is 61.0 Å². The number of hydrogen-bond donors (Lipinski definition) is 1. The lowest BCUT2D eigenvalue weighted by atomic mass is 10.0. The van der Waals surface area contributed by atoms with Crippen molar-refractivity contribution >= 4 is 11.5 Å². The lowest BCUT2D eigenvalue weighted by molar-refractivity contribution is 0.408. The fourth-order valence-corrected chi connectivity index (χ4v) is 2.43. The molecule has 1 aromatic carbocycles. The average Bonchev–Trinajstić information content (AvgIpc) is 2.74. The molecular formula is C12H15N3OS. The molecule has 5 heteroatoms. The van der Waals surface area contributed by atoms with E-state index in [4.69, 9.17) is 10.5 Å². The van der Waals surface area contributed by atoms with Gasteiger partial charge in [-0.1, -0.05) is 22.2 Å². The standard InChI is InChI=1S/C12H15N3OS/c1-7-4-5-10(16-3)9(6-7)11(13)12-8(2)14-15-17-12/h4-6,11H,13H2,1-3H3. The largest absolute Gasteiger partial charge is 0.496 e. The van der Waals surface area contributed by atoms with Gasteiger partial charge < -0.3 is 10.5 Å². The highest BCUT2D eigenvalue weighted by Crippen LogP contribution is 2.31. The normalized spacial score (nSPS) is 12.5. The summed E-state index contributed by atoms with van der Waals surface area (Å²) in [5.74, 6) is 0.802. The second kappa shape index (κ2) is 4.81. The third-order valence-corrected chi connectivity index (χ3v) is 3.60. The zero-order valence-electron chi connectivity index (χ0n) is 10.1. The molecule has 2 aromatic rings. The summed E-state index contributed by atoms with van der Waals surface area (Å²) in [5.41, 5.74) is 9.27. The Bertz CT molecular complexity index is 524. The van der Waals surface area contributed by atoms with Gasteiger partial charge in [-0.15, -0.1) is 5.10 Å². The van der Waals surface area contributed by atoms with Gasteiger partial charge in [-0.25, -0.2) is 0 Å². The first-order valence-corrected chi connectivity index (χ1v) is 6.09. The number of benzene rings is 1. The minimum Gasteiger partial charge on any atom is -0.496 e. The molecule has 1 unspecified atom stereocenters. The fourth-order valence-electron chi connectivity index (χ4n) is 1.76. The van der Waals surface area contributed by atoms with Crippen LogP contribution in [-0.2, 0) is 0 Å². The van der Waals surface area contributed by atoms with Crippen molar-refractivity contribution < 1.29 is 4.74 Å². The Morgan fingerprint density at radius 3 is 2.71 bits per heavy atom. The molecule has 2 N–H and O–H groups in total. The molecule has 2 rings (SSSR count). The van der Waals surface area contributed by atoms with Crippen LogP contribution in [-0.4, -0.2) is 16.7 Å². The smallest absolute Gasteiger partial charge is 0.124 e. The summed E-state index contributed by atoms with van der Waals surface area (Å²) in [7, 11) is 1.65. The zero-order chi connectivity index (χ0) is 12.4. The predicted molar refractivity (Wildman–Crippen MR) is 68.4 cm³/mol. The van der Waals surface area contributed by atoms with Crippen molar-refractivity contribution in [1.29, 1.82) is 0 Å². The number of nitrogens with zero attached hydrogens (tertiary/aromatic N) is 2.